The molecule has 0 aliphatic heterocycles. The topological polar surface area (TPSA) is 67.4 Å². The SMILES string of the molecule is COc1cccc(CCNC(=O)C2CC2C(=O)Nc2cc(Cl)ccc2C)c1. The fraction of sp³-hybridized carbons (Fsp3) is 0.333. The van der Waals surface area contributed by atoms with E-state index in [-0.39, 0.29) is 23.7 Å². The number of halogens is 1. The van der Waals surface area contributed by atoms with Gasteiger partial charge in [0.2, 0.25) is 11.8 Å². The van der Waals surface area contributed by atoms with Crippen molar-refractivity contribution in [2.24, 2.45) is 11.8 Å². The minimum absolute atomic E-state index is 0.0686. The predicted molar refractivity (Wildman–Crippen MR) is 106 cm³/mol. The average molecular weight is 387 g/mol. The van der Waals surface area contributed by atoms with E-state index in [4.69, 9.17) is 16.3 Å². The first-order valence-electron chi connectivity index (χ1n) is 8.95. The Kier molecular flexibility index (Phi) is 6.01. The summed E-state index contributed by atoms with van der Waals surface area (Å²) in [4.78, 5) is 24.6. The summed E-state index contributed by atoms with van der Waals surface area (Å²) in [7, 11) is 1.63. The molecule has 2 amide bonds. The van der Waals surface area contributed by atoms with Crippen molar-refractivity contribution in [2.75, 3.05) is 19.0 Å². The zero-order valence-corrected chi connectivity index (χ0v) is 16.2. The second-order valence-electron chi connectivity index (χ2n) is 6.79. The third-order valence-electron chi connectivity index (χ3n) is 4.77. The number of rotatable bonds is 7. The number of hydrogen-bond donors (Lipinski definition) is 2. The third kappa shape index (κ3) is 5.01. The summed E-state index contributed by atoms with van der Waals surface area (Å²) in [5.41, 5.74) is 2.72. The van der Waals surface area contributed by atoms with Gasteiger partial charge in [0.1, 0.15) is 5.75 Å². The van der Waals surface area contributed by atoms with E-state index >= 15 is 0 Å². The Balaban J connectivity index is 1.45. The molecule has 0 radical (unpaired) electrons. The molecule has 0 aromatic heterocycles. The highest BCUT2D eigenvalue weighted by atomic mass is 35.5. The number of carbonyl (C=O) groups is 2. The van der Waals surface area contributed by atoms with Gasteiger partial charge in [0, 0.05) is 17.3 Å². The minimum Gasteiger partial charge on any atom is -0.497 e. The first-order chi connectivity index (χ1) is 13.0. The van der Waals surface area contributed by atoms with E-state index in [1.807, 2.05) is 37.3 Å². The average Bonchev–Trinajstić information content (AvgIpc) is 3.46. The van der Waals surface area contributed by atoms with Gasteiger partial charge in [-0.3, -0.25) is 9.59 Å². The van der Waals surface area contributed by atoms with Gasteiger partial charge in [0.25, 0.3) is 0 Å². The lowest BCUT2D eigenvalue weighted by molar-refractivity contribution is -0.125. The van der Waals surface area contributed by atoms with E-state index in [9.17, 15) is 9.59 Å². The molecule has 0 heterocycles. The number of aryl methyl sites for hydroxylation is 1. The predicted octanol–water partition coefficient (Wildman–Crippen LogP) is 3.59. The Hall–Kier alpha value is -2.53. The normalized spacial score (nSPS) is 17.9. The quantitative estimate of drug-likeness (QED) is 0.764. The maximum atomic E-state index is 12.4. The first-order valence-corrected chi connectivity index (χ1v) is 9.33. The molecule has 2 aromatic carbocycles. The molecule has 2 aromatic rings. The molecule has 0 spiro atoms. The highest BCUT2D eigenvalue weighted by Crippen LogP contribution is 2.39. The number of benzene rings is 2. The third-order valence-corrected chi connectivity index (χ3v) is 5.00. The Morgan fingerprint density at radius 2 is 1.93 bits per heavy atom. The summed E-state index contributed by atoms with van der Waals surface area (Å²) >= 11 is 5.98. The lowest BCUT2D eigenvalue weighted by Gasteiger charge is -2.09. The van der Waals surface area contributed by atoms with Gasteiger partial charge in [-0.2, -0.15) is 0 Å². The van der Waals surface area contributed by atoms with E-state index in [0.29, 0.717) is 30.1 Å². The molecule has 3 rings (SSSR count). The lowest BCUT2D eigenvalue weighted by Crippen LogP contribution is -2.29. The number of nitrogens with one attached hydrogen (secondary N) is 2. The second-order valence-corrected chi connectivity index (χ2v) is 7.23. The smallest absolute Gasteiger partial charge is 0.228 e. The molecule has 1 aliphatic carbocycles. The van der Waals surface area contributed by atoms with Gasteiger partial charge in [-0.15, -0.1) is 0 Å². The van der Waals surface area contributed by atoms with Crippen LogP contribution in [0.25, 0.3) is 0 Å². The molecule has 2 unspecified atom stereocenters. The van der Waals surface area contributed by atoms with Crippen LogP contribution < -0.4 is 15.4 Å². The van der Waals surface area contributed by atoms with Crippen molar-refractivity contribution in [2.45, 2.75) is 19.8 Å². The van der Waals surface area contributed by atoms with Crippen molar-refractivity contribution in [3.05, 3.63) is 58.6 Å². The molecule has 5 nitrogen and oxygen atoms in total. The van der Waals surface area contributed by atoms with Gasteiger partial charge in [0.15, 0.2) is 0 Å². The van der Waals surface area contributed by atoms with Gasteiger partial charge in [-0.1, -0.05) is 29.8 Å². The number of hydrogen-bond acceptors (Lipinski definition) is 3. The number of methoxy groups -OCH3 is 1. The summed E-state index contributed by atoms with van der Waals surface area (Å²) in [6, 6.07) is 13.1. The molecular weight excluding hydrogens is 364 g/mol. The van der Waals surface area contributed by atoms with Gasteiger partial charge >= 0.3 is 0 Å². The summed E-state index contributed by atoms with van der Waals surface area (Å²) in [6.07, 6.45) is 1.30. The lowest BCUT2D eigenvalue weighted by atomic mass is 10.1. The maximum Gasteiger partial charge on any atom is 0.228 e. The molecule has 6 heteroatoms. The molecule has 1 aliphatic rings. The van der Waals surface area contributed by atoms with E-state index in [1.165, 1.54) is 0 Å². The van der Waals surface area contributed by atoms with Crippen molar-refractivity contribution < 1.29 is 14.3 Å². The van der Waals surface area contributed by atoms with Crippen LogP contribution in [0.3, 0.4) is 0 Å². The Labute approximate surface area is 164 Å². The highest BCUT2D eigenvalue weighted by Gasteiger charge is 2.47. The monoisotopic (exact) mass is 386 g/mol. The Morgan fingerprint density at radius 1 is 1.15 bits per heavy atom. The van der Waals surface area contributed by atoms with E-state index in [1.54, 1.807) is 19.2 Å². The fourth-order valence-electron chi connectivity index (χ4n) is 3.02. The summed E-state index contributed by atoms with van der Waals surface area (Å²) in [5.74, 6) is 0.0678. The van der Waals surface area contributed by atoms with Gasteiger partial charge in [0.05, 0.1) is 18.9 Å². The number of carbonyl (C=O) groups excluding carboxylic acids is 2. The zero-order valence-electron chi connectivity index (χ0n) is 15.4. The molecule has 1 fully saturated rings. The van der Waals surface area contributed by atoms with E-state index in [0.717, 1.165) is 16.9 Å². The van der Waals surface area contributed by atoms with Crippen LogP contribution in [0, 0.1) is 18.8 Å². The van der Waals surface area contributed by atoms with Crippen LogP contribution in [0.15, 0.2) is 42.5 Å². The van der Waals surface area contributed by atoms with Crippen molar-refractivity contribution >= 4 is 29.1 Å². The highest BCUT2D eigenvalue weighted by molar-refractivity contribution is 6.31. The van der Waals surface area contributed by atoms with E-state index < -0.39 is 0 Å². The Morgan fingerprint density at radius 3 is 2.70 bits per heavy atom. The van der Waals surface area contributed by atoms with Crippen LogP contribution >= 0.6 is 11.6 Å². The summed E-state index contributed by atoms with van der Waals surface area (Å²) < 4.78 is 5.20. The van der Waals surface area contributed by atoms with Crippen LogP contribution in [-0.4, -0.2) is 25.5 Å². The molecule has 27 heavy (non-hydrogen) atoms. The first kappa shape index (κ1) is 19.2. The number of anilines is 1. The van der Waals surface area contributed by atoms with Crippen LogP contribution in [0.5, 0.6) is 5.75 Å². The summed E-state index contributed by atoms with van der Waals surface area (Å²) in [5, 5.41) is 6.36. The molecule has 0 bridgehead atoms. The van der Waals surface area contributed by atoms with Gasteiger partial charge in [-0.05, 0) is 55.2 Å². The van der Waals surface area contributed by atoms with Crippen LogP contribution in [0.1, 0.15) is 17.5 Å². The molecule has 1 saturated carbocycles. The molecule has 2 atom stereocenters. The Bertz CT molecular complexity index is 853. The molecule has 2 N–H and O–H groups in total. The molecular formula is C21H23ClN2O3. The molecule has 142 valence electrons. The largest absolute Gasteiger partial charge is 0.497 e. The van der Waals surface area contributed by atoms with Gasteiger partial charge < -0.3 is 15.4 Å². The van der Waals surface area contributed by atoms with Crippen LogP contribution in [0.4, 0.5) is 5.69 Å². The van der Waals surface area contributed by atoms with Crippen LogP contribution in [0.2, 0.25) is 5.02 Å². The summed E-state index contributed by atoms with van der Waals surface area (Å²) in [6.45, 7) is 2.44. The second kappa shape index (κ2) is 8.44. The van der Waals surface area contributed by atoms with Crippen molar-refractivity contribution in [1.82, 2.24) is 5.32 Å². The minimum atomic E-state index is -0.278. The van der Waals surface area contributed by atoms with Crippen molar-refractivity contribution in [3.8, 4) is 5.75 Å². The fourth-order valence-corrected chi connectivity index (χ4v) is 3.19. The van der Waals surface area contributed by atoms with Gasteiger partial charge in [-0.25, -0.2) is 0 Å². The van der Waals surface area contributed by atoms with Crippen molar-refractivity contribution in [1.29, 1.82) is 0 Å². The van der Waals surface area contributed by atoms with Crippen molar-refractivity contribution in [3.63, 3.8) is 0 Å². The molecule has 0 saturated heterocycles. The van der Waals surface area contributed by atoms with Crippen LogP contribution in [-0.2, 0) is 16.0 Å². The maximum absolute atomic E-state index is 12.4. The standard InChI is InChI=1S/C21H23ClN2O3/c1-13-6-7-15(22)11-19(13)24-21(26)18-12-17(18)20(25)23-9-8-14-4-3-5-16(10-14)27-2/h3-7,10-11,17-18H,8-9,12H2,1-2H3,(H,23,25)(H,24,26). The van der Waals surface area contributed by atoms with E-state index in [2.05, 4.69) is 10.6 Å². The zero-order chi connectivity index (χ0) is 19.4. The number of amides is 2. The number of ether oxygens (including phenoxy) is 1.